The summed E-state index contributed by atoms with van der Waals surface area (Å²) >= 11 is 12.5. The zero-order chi connectivity index (χ0) is 16.0. The third kappa shape index (κ3) is 3.05. The maximum atomic E-state index is 12.0. The molecule has 0 N–H and O–H groups in total. The lowest BCUT2D eigenvalue weighted by Gasteiger charge is -2.25. The molecule has 0 amide bonds. The standard InChI is InChI=1S/C14H18Cl2N2O2S/c1-9(15)13-17-11-7-5-6-10(16)12(11)18(13)8-14(2,3)21(4,19)20/h5-7,9H,8H2,1-4H3. The molecule has 21 heavy (non-hydrogen) atoms. The quantitative estimate of drug-likeness (QED) is 0.789. The van der Waals surface area contributed by atoms with Gasteiger partial charge in [0, 0.05) is 12.8 Å². The van der Waals surface area contributed by atoms with Crippen molar-refractivity contribution in [3.63, 3.8) is 0 Å². The van der Waals surface area contributed by atoms with Crippen molar-refractivity contribution in [1.29, 1.82) is 0 Å². The summed E-state index contributed by atoms with van der Waals surface area (Å²) in [6.07, 6.45) is 1.23. The second-order valence-electron chi connectivity index (χ2n) is 5.81. The second-order valence-corrected chi connectivity index (χ2v) is 9.52. The zero-order valence-electron chi connectivity index (χ0n) is 12.4. The molecule has 116 valence electrons. The van der Waals surface area contributed by atoms with Crippen molar-refractivity contribution >= 4 is 44.1 Å². The van der Waals surface area contributed by atoms with Gasteiger partial charge in [0.25, 0.3) is 0 Å². The van der Waals surface area contributed by atoms with Gasteiger partial charge in [0.15, 0.2) is 9.84 Å². The monoisotopic (exact) mass is 348 g/mol. The van der Waals surface area contributed by atoms with Crippen molar-refractivity contribution in [2.24, 2.45) is 0 Å². The van der Waals surface area contributed by atoms with Gasteiger partial charge in [0.1, 0.15) is 5.82 Å². The summed E-state index contributed by atoms with van der Waals surface area (Å²) in [7, 11) is -3.24. The summed E-state index contributed by atoms with van der Waals surface area (Å²) in [6.45, 7) is 5.43. The zero-order valence-corrected chi connectivity index (χ0v) is 14.7. The predicted octanol–water partition coefficient (Wildman–Crippen LogP) is 3.81. The van der Waals surface area contributed by atoms with E-state index in [1.165, 1.54) is 6.26 Å². The molecule has 0 saturated heterocycles. The van der Waals surface area contributed by atoms with Gasteiger partial charge in [-0.3, -0.25) is 0 Å². The minimum absolute atomic E-state index is 0.248. The number of fused-ring (bicyclic) bond motifs is 1. The highest BCUT2D eigenvalue weighted by molar-refractivity contribution is 7.92. The van der Waals surface area contributed by atoms with E-state index in [4.69, 9.17) is 23.2 Å². The van der Waals surface area contributed by atoms with Crippen LogP contribution in [0.2, 0.25) is 5.02 Å². The molecule has 1 aromatic heterocycles. The van der Waals surface area contributed by atoms with Crippen molar-refractivity contribution in [2.45, 2.75) is 37.4 Å². The molecule has 0 fully saturated rings. The number of hydrogen-bond donors (Lipinski definition) is 0. The molecule has 1 unspecified atom stereocenters. The van der Waals surface area contributed by atoms with Gasteiger partial charge in [-0.2, -0.15) is 0 Å². The third-order valence-corrected chi connectivity index (χ3v) is 6.28. The van der Waals surface area contributed by atoms with Crippen LogP contribution in [0.3, 0.4) is 0 Å². The highest BCUT2D eigenvalue weighted by Crippen LogP contribution is 2.31. The Labute approximate surface area is 135 Å². The van der Waals surface area contributed by atoms with E-state index in [-0.39, 0.29) is 11.9 Å². The molecule has 0 saturated carbocycles. The molecule has 1 atom stereocenters. The topological polar surface area (TPSA) is 52.0 Å². The summed E-state index contributed by atoms with van der Waals surface area (Å²) in [5.74, 6) is 0.622. The SMILES string of the molecule is CC(Cl)c1nc2cccc(Cl)c2n1CC(C)(C)S(C)(=O)=O. The van der Waals surface area contributed by atoms with Crippen LogP contribution in [-0.4, -0.2) is 29.0 Å². The molecule has 0 radical (unpaired) electrons. The van der Waals surface area contributed by atoms with Crippen LogP contribution in [0, 0.1) is 0 Å². The second kappa shape index (κ2) is 5.45. The fourth-order valence-corrected chi connectivity index (χ4v) is 2.92. The highest BCUT2D eigenvalue weighted by atomic mass is 35.5. The molecule has 1 heterocycles. The molecule has 2 aromatic rings. The van der Waals surface area contributed by atoms with Crippen LogP contribution in [0.15, 0.2) is 18.2 Å². The molecule has 1 aromatic carbocycles. The number of hydrogen-bond acceptors (Lipinski definition) is 3. The molecule has 0 spiro atoms. The van der Waals surface area contributed by atoms with E-state index < -0.39 is 14.6 Å². The molecule has 7 heteroatoms. The molecule has 0 aliphatic rings. The average Bonchev–Trinajstić information content (AvgIpc) is 2.67. The first-order valence-electron chi connectivity index (χ1n) is 6.53. The predicted molar refractivity (Wildman–Crippen MR) is 87.9 cm³/mol. The minimum atomic E-state index is -3.24. The summed E-state index contributed by atoms with van der Waals surface area (Å²) < 4.78 is 24.8. The van der Waals surface area contributed by atoms with Gasteiger partial charge in [-0.15, -0.1) is 11.6 Å². The van der Waals surface area contributed by atoms with Crippen LogP contribution in [0.5, 0.6) is 0 Å². The van der Waals surface area contributed by atoms with Crippen LogP contribution in [0.4, 0.5) is 0 Å². The van der Waals surface area contributed by atoms with E-state index in [2.05, 4.69) is 4.98 Å². The summed E-state index contributed by atoms with van der Waals surface area (Å²) in [4.78, 5) is 4.49. The van der Waals surface area contributed by atoms with E-state index in [1.807, 2.05) is 16.7 Å². The molecule has 0 bridgehead atoms. The number of alkyl halides is 1. The van der Waals surface area contributed by atoms with Crippen LogP contribution in [-0.2, 0) is 16.4 Å². The van der Waals surface area contributed by atoms with Crippen molar-refractivity contribution in [3.05, 3.63) is 29.0 Å². The van der Waals surface area contributed by atoms with Crippen LogP contribution in [0.1, 0.15) is 32.0 Å². The third-order valence-electron chi connectivity index (χ3n) is 3.65. The van der Waals surface area contributed by atoms with Crippen molar-refractivity contribution in [1.82, 2.24) is 9.55 Å². The Morgan fingerprint density at radius 3 is 2.52 bits per heavy atom. The molecule has 4 nitrogen and oxygen atoms in total. The molecule has 2 rings (SSSR count). The summed E-state index contributed by atoms with van der Waals surface area (Å²) in [5.41, 5.74) is 1.44. The van der Waals surface area contributed by atoms with Gasteiger partial charge < -0.3 is 4.57 Å². The number of rotatable bonds is 4. The first kappa shape index (κ1) is 16.6. The lowest BCUT2D eigenvalue weighted by molar-refractivity contribution is 0.499. The Balaban J connectivity index is 2.70. The fourth-order valence-electron chi connectivity index (χ4n) is 2.12. The Bertz CT molecular complexity index is 780. The number of para-hydroxylation sites is 1. The smallest absolute Gasteiger partial charge is 0.154 e. The number of halogens is 2. The van der Waals surface area contributed by atoms with Gasteiger partial charge in [-0.05, 0) is 32.9 Å². The van der Waals surface area contributed by atoms with Gasteiger partial charge in [-0.1, -0.05) is 17.7 Å². The Morgan fingerprint density at radius 1 is 1.38 bits per heavy atom. The number of sulfone groups is 1. The Hall–Kier alpha value is -0.780. The van der Waals surface area contributed by atoms with E-state index in [1.54, 1.807) is 26.8 Å². The average molecular weight is 349 g/mol. The van der Waals surface area contributed by atoms with Crippen LogP contribution in [0.25, 0.3) is 11.0 Å². The number of imidazole rings is 1. The van der Waals surface area contributed by atoms with Crippen molar-refractivity contribution in [3.8, 4) is 0 Å². The largest absolute Gasteiger partial charge is 0.324 e. The van der Waals surface area contributed by atoms with E-state index in [0.29, 0.717) is 16.4 Å². The maximum absolute atomic E-state index is 12.0. The molecule has 0 aliphatic carbocycles. The minimum Gasteiger partial charge on any atom is -0.324 e. The molecular weight excluding hydrogens is 331 g/mol. The Morgan fingerprint density at radius 2 is 2.00 bits per heavy atom. The summed E-state index contributed by atoms with van der Waals surface area (Å²) in [5, 5.41) is 0.191. The van der Waals surface area contributed by atoms with Gasteiger partial charge >= 0.3 is 0 Å². The first-order valence-corrected chi connectivity index (χ1v) is 9.23. The van der Waals surface area contributed by atoms with Gasteiger partial charge in [-0.25, -0.2) is 13.4 Å². The molecular formula is C14H18Cl2N2O2S. The summed E-state index contributed by atoms with van der Waals surface area (Å²) in [6, 6.07) is 5.42. The normalized spacial score (nSPS) is 14.6. The lowest BCUT2D eigenvalue weighted by Crippen LogP contribution is -2.36. The molecule has 0 aliphatic heterocycles. The fraction of sp³-hybridized carbons (Fsp3) is 0.500. The maximum Gasteiger partial charge on any atom is 0.154 e. The van der Waals surface area contributed by atoms with Crippen molar-refractivity contribution < 1.29 is 8.42 Å². The van der Waals surface area contributed by atoms with Crippen molar-refractivity contribution in [2.75, 3.05) is 6.26 Å². The number of nitrogens with zero attached hydrogens (tertiary/aromatic N) is 2. The van der Waals surface area contributed by atoms with E-state index >= 15 is 0 Å². The number of aromatic nitrogens is 2. The van der Waals surface area contributed by atoms with Crippen LogP contribution >= 0.6 is 23.2 Å². The van der Waals surface area contributed by atoms with Crippen LogP contribution < -0.4 is 0 Å². The van der Waals surface area contributed by atoms with E-state index in [0.717, 1.165) is 5.52 Å². The Kier molecular flexibility index (Phi) is 4.30. The highest BCUT2D eigenvalue weighted by Gasteiger charge is 2.33. The van der Waals surface area contributed by atoms with Gasteiger partial charge in [0.2, 0.25) is 0 Å². The number of benzene rings is 1. The van der Waals surface area contributed by atoms with E-state index in [9.17, 15) is 8.42 Å². The lowest BCUT2D eigenvalue weighted by atomic mass is 10.2. The first-order chi connectivity index (χ1) is 9.54. The van der Waals surface area contributed by atoms with Gasteiger partial charge in [0.05, 0.1) is 26.2 Å².